The first-order chi connectivity index (χ1) is 8.99. The summed E-state index contributed by atoms with van der Waals surface area (Å²) in [6.07, 6.45) is 0.581. The molecule has 0 radical (unpaired) electrons. The van der Waals surface area contributed by atoms with Gasteiger partial charge < -0.3 is 20.6 Å². The Hall–Kier alpha value is -1.10. The molecule has 0 saturated carbocycles. The van der Waals surface area contributed by atoms with Crippen molar-refractivity contribution in [1.29, 1.82) is 0 Å². The van der Waals surface area contributed by atoms with Crippen LogP contribution in [0.2, 0.25) is 0 Å². The molecule has 2 rings (SSSR count). The normalized spacial score (nSPS) is 25.1. The Morgan fingerprint density at radius 1 is 1.42 bits per heavy atom. The molecule has 3 N–H and O–H groups in total. The molecule has 1 aromatic carbocycles. The molecule has 4 nitrogen and oxygen atoms in total. The molecular weight excluding hydrogens is 238 g/mol. The number of rotatable bonds is 4. The monoisotopic (exact) mass is 263 g/mol. The summed E-state index contributed by atoms with van der Waals surface area (Å²) in [5, 5.41) is 9.98. The van der Waals surface area contributed by atoms with Crippen molar-refractivity contribution in [2.24, 2.45) is 5.73 Å². The minimum absolute atomic E-state index is 0.00829. The van der Waals surface area contributed by atoms with Crippen LogP contribution in [0.4, 0.5) is 5.69 Å². The highest BCUT2D eigenvalue weighted by Crippen LogP contribution is 2.31. The summed E-state index contributed by atoms with van der Waals surface area (Å²) in [6.45, 7) is 3.65. The lowest BCUT2D eigenvalue weighted by Gasteiger charge is -2.31. The molecule has 1 heterocycles. The smallest absolute Gasteiger partial charge is 0.0735 e. The van der Waals surface area contributed by atoms with Gasteiger partial charge in [0, 0.05) is 30.9 Å². The molecule has 2 unspecified atom stereocenters. The van der Waals surface area contributed by atoms with Crippen molar-refractivity contribution >= 4 is 5.69 Å². The van der Waals surface area contributed by atoms with Gasteiger partial charge in [0.2, 0.25) is 0 Å². The average Bonchev–Trinajstić information content (AvgIpc) is 2.69. The number of benzene rings is 1. The Labute approximate surface area is 115 Å². The first-order valence-corrected chi connectivity index (χ1v) is 6.93. The molecule has 1 aliphatic rings. The second kappa shape index (κ2) is 5.90. The topological polar surface area (TPSA) is 52.7 Å². The number of para-hydroxylation sites is 1. The van der Waals surface area contributed by atoms with Gasteiger partial charge in [0.15, 0.2) is 0 Å². The van der Waals surface area contributed by atoms with Gasteiger partial charge in [0.05, 0.1) is 6.10 Å². The van der Waals surface area contributed by atoms with E-state index in [0.29, 0.717) is 12.6 Å². The molecule has 1 aromatic rings. The highest BCUT2D eigenvalue weighted by Gasteiger charge is 2.32. The fourth-order valence-electron chi connectivity index (χ4n) is 2.92. The van der Waals surface area contributed by atoms with Gasteiger partial charge in [0.25, 0.3) is 0 Å². The van der Waals surface area contributed by atoms with E-state index in [0.717, 1.165) is 18.5 Å². The molecule has 0 amide bonds. The Bertz CT molecular complexity index is 420. The van der Waals surface area contributed by atoms with Crippen molar-refractivity contribution in [2.45, 2.75) is 31.5 Å². The SMILES string of the molecule is C[C@@H](N)c1ccccc1N1CC(O)CC1CN(C)C. The lowest BCUT2D eigenvalue weighted by Crippen LogP contribution is -2.38. The Balaban J connectivity index is 2.28. The van der Waals surface area contributed by atoms with Crippen LogP contribution in [-0.2, 0) is 0 Å². The van der Waals surface area contributed by atoms with E-state index in [1.807, 2.05) is 19.1 Å². The molecule has 4 heteroatoms. The Kier molecular flexibility index (Phi) is 4.45. The second-order valence-corrected chi connectivity index (χ2v) is 5.81. The predicted molar refractivity (Wildman–Crippen MR) is 79.4 cm³/mol. The summed E-state index contributed by atoms with van der Waals surface area (Å²) < 4.78 is 0. The summed E-state index contributed by atoms with van der Waals surface area (Å²) in [5.41, 5.74) is 8.38. The molecule has 0 aliphatic carbocycles. The van der Waals surface area contributed by atoms with E-state index in [1.165, 1.54) is 5.69 Å². The van der Waals surface area contributed by atoms with Crippen LogP contribution in [-0.4, -0.2) is 49.3 Å². The molecule has 0 aromatic heterocycles. The summed E-state index contributed by atoms with van der Waals surface area (Å²) in [7, 11) is 4.14. The first kappa shape index (κ1) is 14.3. The van der Waals surface area contributed by atoms with Crippen molar-refractivity contribution in [3.63, 3.8) is 0 Å². The van der Waals surface area contributed by atoms with Gasteiger partial charge >= 0.3 is 0 Å². The van der Waals surface area contributed by atoms with Gasteiger partial charge in [0.1, 0.15) is 0 Å². The lowest BCUT2D eigenvalue weighted by atomic mass is 10.1. The van der Waals surface area contributed by atoms with Gasteiger partial charge in [-0.2, -0.15) is 0 Å². The molecular formula is C15H25N3O. The summed E-state index contributed by atoms with van der Waals surface area (Å²) in [5.74, 6) is 0. The van der Waals surface area contributed by atoms with Crippen LogP contribution in [0.5, 0.6) is 0 Å². The van der Waals surface area contributed by atoms with Gasteiger partial charge in [-0.1, -0.05) is 18.2 Å². The van der Waals surface area contributed by atoms with E-state index >= 15 is 0 Å². The number of likely N-dealkylation sites (N-methyl/N-ethyl adjacent to an activating group) is 1. The summed E-state index contributed by atoms with van der Waals surface area (Å²) >= 11 is 0. The number of aliphatic hydroxyl groups excluding tert-OH is 1. The molecule has 1 fully saturated rings. The fourth-order valence-corrected chi connectivity index (χ4v) is 2.92. The second-order valence-electron chi connectivity index (χ2n) is 5.81. The predicted octanol–water partition coefficient (Wildman–Crippen LogP) is 1.21. The van der Waals surface area contributed by atoms with Crippen LogP contribution in [0, 0.1) is 0 Å². The van der Waals surface area contributed by atoms with Crippen LogP contribution < -0.4 is 10.6 Å². The highest BCUT2D eigenvalue weighted by atomic mass is 16.3. The zero-order valence-corrected chi connectivity index (χ0v) is 12.1. The number of hydrogen-bond acceptors (Lipinski definition) is 4. The quantitative estimate of drug-likeness (QED) is 0.857. The fraction of sp³-hybridized carbons (Fsp3) is 0.600. The van der Waals surface area contributed by atoms with Crippen molar-refractivity contribution in [3.05, 3.63) is 29.8 Å². The third kappa shape index (κ3) is 3.26. The van der Waals surface area contributed by atoms with Gasteiger partial charge in [-0.15, -0.1) is 0 Å². The van der Waals surface area contributed by atoms with E-state index in [4.69, 9.17) is 5.73 Å². The van der Waals surface area contributed by atoms with E-state index < -0.39 is 0 Å². The maximum absolute atomic E-state index is 9.98. The molecule has 1 aliphatic heterocycles. The van der Waals surface area contributed by atoms with E-state index in [-0.39, 0.29) is 12.1 Å². The Morgan fingerprint density at radius 2 is 2.11 bits per heavy atom. The number of hydrogen-bond donors (Lipinski definition) is 2. The zero-order valence-electron chi connectivity index (χ0n) is 12.1. The van der Waals surface area contributed by atoms with Crippen LogP contribution in [0.25, 0.3) is 0 Å². The maximum atomic E-state index is 9.98. The van der Waals surface area contributed by atoms with Crippen LogP contribution in [0.3, 0.4) is 0 Å². The number of aliphatic hydroxyl groups is 1. The standard InChI is InChI=1S/C15H25N3O/c1-11(16)14-6-4-5-7-15(14)18-10-13(19)8-12(18)9-17(2)3/h4-7,11-13,19H,8-10,16H2,1-3H3/t11-,12?,13?/m1/s1. The van der Waals surface area contributed by atoms with E-state index in [9.17, 15) is 5.11 Å². The molecule has 19 heavy (non-hydrogen) atoms. The van der Waals surface area contributed by atoms with Crippen molar-refractivity contribution in [3.8, 4) is 0 Å². The number of β-amino-alcohol motifs (C(OH)–C–C–N with tert-alkyl or cyclic N) is 1. The Morgan fingerprint density at radius 3 is 2.74 bits per heavy atom. The molecule has 0 spiro atoms. The third-order valence-corrected chi connectivity index (χ3v) is 3.71. The highest BCUT2D eigenvalue weighted by molar-refractivity contribution is 5.56. The zero-order chi connectivity index (χ0) is 14.0. The largest absolute Gasteiger partial charge is 0.391 e. The van der Waals surface area contributed by atoms with Crippen LogP contribution in [0.1, 0.15) is 24.9 Å². The number of anilines is 1. The van der Waals surface area contributed by atoms with Crippen molar-refractivity contribution in [1.82, 2.24) is 4.90 Å². The molecule has 3 atom stereocenters. The van der Waals surface area contributed by atoms with E-state index in [1.54, 1.807) is 0 Å². The summed E-state index contributed by atoms with van der Waals surface area (Å²) in [6, 6.07) is 8.62. The van der Waals surface area contributed by atoms with Crippen molar-refractivity contribution in [2.75, 3.05) is 32.1 Å². The maximum Gasteiger partial charge on any atom is 0.0735 e. The summed E-state index contributed by atoms with van der Waals surface area (Å²) in [4.78, 5) is 4.48. The third-order valence-electron chi connectivity index (χ3n) is 3.71. The molecule has 1 saturated heterocycles. The van der Waals surface area contributed by atoms with Crippen molar-refractivity contribution < 1.29 is 5.11 Å². The van der Waals surface area contributed by atoms with Crippen LogP contribution >= 0.6 is 0 Å². The van der Waals surface area contributed by atoms with Gasteiger partial charge in [-0.25, -0.2) is 0 Å². The average molecular weight is 263 g/mol. The van der Waals surface area contributed by atoms with Gasteiger partial charge in [-0.3, -0.25) is 0 Å². The minimum Gasteiger partial charge on any atom is -0.391 e. The lowest BCUT2D eigenvalue weighted by molar-refractivity contribution is 0.191. The first-order valence-electron chi connectivity index (χ1n) is 6.93. The number of nitrogens with zero attached hydrogens (tertiary/aromatic N) is 2. The molecule has 106 valence electrons. The van der Waals surface area contributed by atoms with Gasteiger partial charge in [-0.05, 0) is 39.1 Å². The molecule has 0 bridgehead atoms. The minimum atomic E-state index is -0.244. The van der Waals surface area contributed by atoms with E-state index in [2.05, 4.69) is 36.0 Å². The number of nitrogens with two attached hydrogens (primary N) is 1. The van der Waals surface area contributed by atoms with Crippen LogP contribution in [0.15, 0.2) is 24.3 Å².